The molecule has 0 radical (unpaired) electrons. The highest BCUT2D eigenvalue weighted by Crippen LogP contribution is 2.17. The summed E-state index contributed by atoms with van der Waals surface area (Å²) in [6, 6.07) is 9.56. The topological polar surface area (TPSA) is 73.3 Å². The smallest absolute Gasteiger partial charge is 0.210 e. The molecule has 0 aliphatic heterocycles. The first-order valence-electron chi connectivity index (χ1n) is 8.18. The average molecular weight is 369 g/mol. The van der Waals surface area contributed by atoms with Crippen molar-refractivity contribution < 1.29 is 13.8 Å². The number of hydrogen-bond acceptors (Lipinski definition) is 6. The molecule has 0 fully saturated rings. The van der Waals surface area contributed by atoms with Gasteiger partial charge in [-0.2, -0.15) is 0 Å². The van der Waals surface area contributed by atoms with Gasteiger partial charge in [-0.15, -0.1) is 0 Å². The molecule has 0 spiro atoms. The van der Waals surface area contributed by atoms with Crippen LogP contribution in [-0.4, -0.2) is 26.4 Å². The van der Waals surface area contributed by atoms with E-state index in [0.29, 0.717) is 18.7 Å². The summed E-state index contributed by atoms with van der Waals surface area (Å²) in [5, 5.41) is 13.0. The molecule has 134 valence electrons. The van der Waals surface area contributed by atoms with Crippen molar-refractivity contribution in [2.45, 2.75) is 26.0 Å². The molecule has 0 aliphatic rings. The van der Waals surface area contributed by atoms with E-state index in [2.05, 4.69) is 34.9 Å². The van der Waals surface area contributed by atoms with Crippen molar-refractivity contribution >= 4 is 12.9 Å². The van der Waals surface area contributed by atoms with Crippen LogP contribution in [0.4, 0.5) is 0 Å². The van der Waals surface area contributed by atoms with E-state index < -0.39 is 0 Å². The Labute approximate surface area is 157 Å². The number of nitrogens with zero attached hydrogens (tertiary/aromatic N) is 3. The number of benzene rings is 1. The normalized spacial score (nSPS) is 11.8. The number of imidazole rings is 1. The van der Waals surface area contributed by atoms with Crippen LogP contribution in [0.1, 0.15) is 41.4 Å². The fourth-order valence-corrected chi connectivity index (χ4v) is 2.59. The minimum Gasteiger partial charge on any atom is -0.396 e. The molecule has 3 aromatic rings. The van der Waals surface area contributed by atoms with Crippen LogP contribution in [0.25, 0.3) is 0 Å². The molecule has 1 N–H and O–H groups in total. The van der Waals surface area contributed by atoms with E-state index in [9.17, 15) is 0 Å². The van der Waals surface area contributed by atoms with E-state index in [1.807, 2.05) is 48.0 Å². The second-order valence-electron chi connectivity index (χ2n) is 5.76. The molecule has 2 aromatic heterocycles. The molecule has 1 atom stereocenters. The lowest BCUT2D eigenvalue weighted by molar-refractivity contribution is 0.259. The third-order valence-corrected chi connectivity index (χ3v) is 4.16. The fraction of sp³-hybridized carbons (Fsp3) is 0.263. The second-order valence-corrected chi connectivity index (χ2v) is 5.97. The Morgan fingerprint density at radius 3 is 2.85 bits per heavy atom. The summed E-state index contributed by atoms with van der Waals surface area (Å²) in [5.41, 5.74) is 2.70. The zero-order chi connectivity index (χ0) is 18.4. The van der Waals surface area contributed by atoms with E-state index in [4.69, 9.17) is 13.8 Å². The molecule has 0 bridgehead atoms. The lowest BCUT2D eigenvalue weighted by Gasteiger charge is -2.10. The van der Waals surface area contributed by atoms with Crippen LogP contribution in [0.3, 0.4) is 0 Å². The molecular formula is C19H19N3O3S. The van der Waals surface area contributed by atoms with Gasteiger partial charge in [0.2, 0.25) is 5.76 Å². The summed E-state index contributed by atoms with van der Waals surface area (Å²) >= 11 is 3.84. The maximum atomic E-state index is 8.93. The highest BCUT2D eigenvalue weighted by atomic mass is 32.1. The first-order valence-corrected chi connectivity index (χ1v) is 8.54. The number of thiol groups is 1. The monoisotopic (exact) mass is 369 g/mol. The van der Waals surface area contributed by atoms with Crippen molar-refractivity contribution in [3.8, 4) is 11.8 Å². The Hall–Kier alpha value is -2.53. The minimum atomic E-state index is -0.228. The van der Waals surface area contributed by atoms with Crippen LogP contribution >= 0.6 is 12.9 Å². The molecule has 0 saturated heterocycles. The average Bonchev–Trinajstić information content (AvgIpc) is 3.30. The SMILES string of the molecule is CC(OS)c1nccn1Cc1cc(C#Cc2ccc(CCO)cc2)on1. The van der Waals surface area contributed by atoms with E-state index in [1.54, 1.807) is 6.20 Å². The lowest BCUT2D eigenvalue weighted by Crippen LogP contribution is -2.07. The van der Waals surface area contributed by atoms with Crippen LogP contribution in [0.5, 0.6) is 0 Å². The first kappa shape index (κ1) is 18.3. The number of aliphatic hydroxyl groups is 1. The molecule has 1 unspecified atom stereocenters. The van der Waals surface area contributed by atoms with Gasteiger partial charge in [0.15, 0.2) is 0 Å². The number of rotatable bonds is 6. The maximum absolute atomic E-state index is 8.93. The van der Waals surface area contributed by atoms with E-state index in [1.165, 1.54) is 0 Å². The van der Waals surface area contributed by atoms with Gasteiger partial charge in [0.1, 0.15) is 17.6 Å². The summed E-state index contributed by atoms with van der Waals surface area (Å²) in [4.78, 5) is 4.27. The van der Waals surface area contributed by atoms with Gasteiger partial charge >= 0.3 is 0 Å². The van der Waals surface area contributed by atoms with Crippen molar-refractivity contribution in [3.05, 3.63) is 71.1 Å². The highest BCUT2D eigenvalue weighted by Gasteiger charge is 2.13. The molecule has 0 amide bonds. The quantitative estimate of drug-likeness (QED) is 0.397. The Kier molecular flexibility index (Phi) is 6.12. The van der Waals surface area contributed by atoms with Crippen LogP contribution in [0.2, 0.25) is 0 Å². The van der Waals surface area contributed by atoms with Gasteiger partial charge < -0.3 is 18.4 Å². The Morgan fingerprint density at radius 2 is 2.12 bits per heavy atom. The third kappa shape index (κ3) is 4.55. The number of hydrogen-bond donors (Lipinski definition) is 2. The molecule has 6 nitrogen and oxygen atoms in total. The van der Waals surface area contributed by atoms with Crippen molar-refractivity contribution in [3.63, 3.8) is 0 Å². The zero-order valence-electron chi connectivity index (χ0n) is 14.3. The van der Waals surface area contributed by atoms with Crippen LogP contribution in [0, 0.1) is 11.8 Å². The predicted molar refractivity (Wildman–Crippen MR) is 99.5 cm³/mol. The molecule has 0 saturated carbocycles. The van der Waals surface area contributed by atoms with Gasteiger partial charge in [0.25, 0.3) is 0 Å². The number of aliphatic hydroxyl groups excluding tert-OH is 1. The third-order valence-electron chi connectivity index (χ3n) is 3.85. The minimum absolute atomic E-state index is 0.142. The molecule has 1 aromatic carbocycles. The molecular weight excluding hydrogens is 350 g/mol. The Bertz CT molecular complexity index is 906. The van der Waals surface area contributed by atoms with Crippen LogP contribution < -0.4 is 0 Å². The summed E-state index contributed by atoms with van der Waals surface area (Å²) in [5.74, 6) is 7.28. The summed E-state index contributed by atoms with van der Waals surface area (Å²) in [6.45, 7) is 2.53. The second kappa shape index (κ2) is 8.72. The molecule has 3 rings (SSSR count). The lowest BCUT2D eigenvalue weighted by atomic mass is 10.1. The van der Waals surface area contributed by atoms with Crippen LogP contribution in [0.15, 0.2) is 47.2 Å². The summed E-state index contributed by atoms with van der Waals surface area (Å²) < 4.78 is 12.2. The van der Waals surface area contributed by atoms with Gasteiger partial charge in [0, 0.05) is 30.6 Å². The Morgan fingerprint density at radius 1 is 1.31 bits per heavy atom. The van der Waals surface area contributed by atoms with Crippen molar-refractivity contribution in [2.75, 3.05) is 6.61 Å². The summed E-state index contributed by atoms with van der Waals surface area (Å²) in [6.07, 6.45) is 3.98. The molecule has 2 heterocycles. The van der Waals surface area contributed by atoms with Gasteiger partial charge in [-0.25, -0.2) is 4.98 Å². The van der Waals surface area contributed by atoms with Gasteiger partial charge in [-0.3, -0.25) is 0 Å². The van der Waals surface area contributed by atoms with Crippen molar-refractivity contribution in [1.29, 1.82) is 0 Å². The largest absolute Gasteiger partial charge is 0.396 e. The van der Waals surface area contributed by atoms with Crippen molar-refractivity contribution in [1.82, 2.24) is 14.7 Å². The first-order chi connectivity index (χ1) is 12.7. The van der Waals surface area contributed by atoms with Crippen LogP contribution in [-0.2, 0) is 17.1 Å². The zero-order valence-corrected chi connectivity index (χ0v) is 15.2. The summed E-state index contributed by atoms with van der Waals surface area (Å²) in [7, 11) is 0. The van der Waals surface area contributed by atoms with E-state index >= 15 is 0 Å². The fourth-order valence-electron chi connectivity index (χ4n) is 2.50. The van der Waals surface area contributed by atoms with Gasteiger partial charge in [0.05, 0.1) is 6.54 Å². The van der Waals surface area contributed by atoms with Gasteiger partial charge in [-0.1, -0.05) is 23.2 Å². The number of aromatic nitrogens is 3. The van der Waals surface area contributed by atoms with Gasteiger partial charge in [-0.05, 0) is 49.9 Å². The Balaban J connectivity index is 1.68. The maximum Gasteiger partial charge on any atom is 0.210 e. The van der Waals surface area contributed by atoms with E-state index in [-0.39, 0.29) is 12.7 Å². The standard InChI is InChI=1S/C19H19N3O3S/c1-14(25-26)19-20-9-10-22(19)13-17-12-18(24-21-17)7-6-15-2-4-16(5-3-15)8-11-23/h2-5,9-10,12,14,23,26H,8,11,13H2,1H3. The molecule has 0 aliphatic carbocycles. The predicted octanol–water partition coefficient (Wildman–Crippen LogP) is 2.78. The van der Waals surface area contributed by atoms with E-state index in [0.717, 1.165) is 22.6 Å². The molecule has 7 heteroatoms. The molecule has 26 heavy (non-hydrogen) atoms. The highest BCUT2D eigenvalue weighted by molar-refractivity contribution is 7.75. The van der Waals surface area contributed by atoms with Crippen molar-refractivity contribution in [2.24, 2.45) is 0 Å².